The first kappa shape index (κ1) is 28.2. The second-order valence-electron chi connectivity index (χ2n) is 9.04. The third-order valence-corrected chi connectivity index (χ3v) is 6.70. The van der Waals surface area contributed by atoms with Crippen molar-refractivity contribution in [3.05, 3.63) is 59.2 Å². The van der Waals surface area contributed by atoms with Crippen molar-refractivity contribution in [1.29, 1.82) is 0 Å². The number of hydrogen-bond donors (Lipinski definition) is 1. The summed E-state index contributed by atoms with van der Waals surface area (Å²) in [6.45, 7) is 9.05. The fraction of sp³-hybridized carbons (Fsp3) is 0.462. The van der Waals surface area contributed by atoms with E-state index in [-0.39, 0.29) is 24.2 Å². The summed E-state index contributed by atoms with van der Waals surface area (Å²) < 4.78 is 32.0. The van der Waals surface area contributed by atoms with E-state index in [1.165, 1.54) is 12.0 Å². The van der Waals surface area contributed by atoms with Crippen molar-refractivity contribution in [2.24, 2.45) is 0 Å². The first-order valence-electron chi connectivity index (χ1n) is 11.6. The Morgan fingerprint density at radius 1 is 1.03 bits per heavy atom. The molecule has 0 aromatic heterocycles. The van der Waals surface area contributed by atoms with Gasteiger partial charge in [-0.25, -0.2) is 8.42 Å². The van der Waals surface area contributed by atoms with E-state index in [9.17, 15) is 18.0 Å². The van der Waals surface area contributed by atoms with E-state index in [4.69, 9.17) is 4.74 Å². The smallest absolute Gasteiger partial charge is 0.244 e. The van der Waals surface area contributed by atoms with E-state index in [0.29, 0.717) is 12.2 Å². The highest BCUT2D eigenvalue weighted by Crippen LogP contribution is 2.31. The van der Waals surface area contributed by atoms with Crippen LogP contribution in [0.5, 0.6) is 5.75 Å². The summed E-state index contributed by atoms with van der Waals surface area (Å²) in [6, 6.07) is 12.0. The number of methoxy groups -OCH3 is 1. The summed E-state index contributed by atoms with van der Waals surface area (Å²) in [5, 5.41) is 2.88. The van der Waals surface area contributed by atoms with Crippen molar-refractivity contribution >= 4 is 27.5 Å². The van der Waals surface area contributed by atoms with Gasteiger partial charge in [-0.3, -0.25) is 13.9 Å². The van der Waals surface area contributed by atoms with E-state index in [2.05, 4.69) is 5.32 Å². The molecule has 9 heteroatoms. The fourth-order valence-electron chi connectivity index (χ4n) is 3.78. The van der Waals surface area contributed by atoms with Gasteiger partial charge in [0.1, 0.15) is 18.3 Å². The van der Waals surface area contributed by atoms with Crippen LogP contribution >= 0.6 is 0 Å². The summed E-state index contributed by atoms with van der Waals surface area (Å²) >= 11 is 0. The minimum atomic E-state index is -3.84. The van der Waals surface area contributed by atoms with Gasteiger partial charge < -0.3 is 15.0 Å². The largest absolute Gasteiger partial charge is 0.495 e. The van der Waals surface area contributed by atoms with Crippen molar-refractivity contribution < 1.29 is 22.7 Å². The quantitative estimate of drug-likeness (QED) is 0.507. The number of ether oxygens (including phenoxy) is 1. The van der Waals surface area contributed by atoms with Crippen LogP contribution in [0.4, 0.5) is 5.69 Å². The molecule has 0 unspecified atom stereocenters. The first-order chi connectivity index (χ1) is 16.4. The molecule has 0 aliphatic carbocycles. The molecule has 192 valence electrons. The average Bonchev–Trinajstić information content (AvgIpc) is 2.77. The molecule has 1 N–H and O–H groups in total. The molecule has 0 aliphatic heterocycles. The van der Waals surface area contributed by atoms with Gasteiger partial charge in [0, 0.05) is 12.6 Å². The molecule has 0 heterocycles. The summed E-state index contributed by atoms with van der Waals surface area (Å²) in [5.74, 6) is -0.421. The number of hydrogen-bond acceptors (Lipinski definition) is 5. The van der Waals surface area contributed by atoms with Crippen LogP contribution in [-0.2, 0) is 26.2 Å². The van der Waals surface area contributed by atoms with Gasteiger partial charge in [-0.2, -0.15) is 0 Å². The van der Waals surface area contributed by atoms with Crippen LogP contribution < -0.4 is 14.4 Å². The Kier molecular flexibility index (Phi) is 9.71. The number of sulfonamides is 1. The second kappa shape index (κ2) is 12.1. The molecule has 0 saturated carbocycles. The van der Waals surface area contributed by atoms with Gasteiger partial charge in [0.25, 0.3) is 0 Å². The Labute approximate surface area is 209 Å². The average molecular weight is 504 g/mol. The Morgan fingerprint density at radius 2 is 1.63 bits per heavy atom. The van der Waals surface area contributed by atoms with E-state index in [1.54, 1.807) is 18.2 Å². The summed E-state index contributed by atoms with van der Waals surface area (Å²) in [5.41, 5.74) is 3.02. The second-order valence-corrected chi connectivity index (χ2v) is 10.9. The van der Waals surface area contributed by atoms with Gasteiger partial charge in [0.15, 0.2) is 0 Å². The van der Waals surface area contributed by atoms with Crippen LogP contribution in [0.25, 0.3) is 0 Å². The first-order valence-corrected chi connectivity index (χ1v) is 13.5. The normalized spacial score (nSPS) is 12.2. The van der Waals surface area contributed by atoms with Gasteiger partial charge in [-0.15, -0.1) is 0 Å². The molecule has 0 bridgehead atoms. The highest BCUT2D eigenvalue weighted by Gasteiger charge is 2.32. The number of rotatable bonds is 11. The zero-order valence-electron chi connectivity index (χ0n) is 21.7. The summed E-state index contributed by atoms with van der Waals surface area (Å²) in [7, 11) is -2.39. The number of benzene rings is 2. The number of carbonyl (C=O) groups excluding carboxylic acids is 2. The highest BCUT2D eigenvalue weighted by molar-refractivity contribution is 7.92. The van der Waals surface area contributed by atoms with Crippen LogP contribution in [0.15, 0.2) is 42.5 Å². The minimum Gasteiger partial charge on any atom is -0.495 e. The number of nitrogens with one attached hydrogen (secondary N) is 1. The molecule has 0 aliphatic rings. The number of amides is 2. The number of anilines is 1. The third-order valence-electron chi connectivity index (χ3n) is 5.57. The van der Waals surface area contributed by atoms with Crippen molar-refractivity contribution in [2.75, 3.05) is 24.2 Å². The van der Waals surface area contributed by atoms with Gasteiger partial charge in [-0.05, 0) is 57.4 Å². The van der Waals surface area contributed by atoms with Crippen LogP contribution in [0.1, 0.15) is 43.9 Å². The Hall–Kier alpha value is -3.07. The minimum absolute atomic E-state index is 0.100. The van der Waals surface area contributed by atoms with Gasteiger partial charge in [0.05, 0.1) is 19.1 Å². The van der Waals surface area contributed by atoms with Crippen molar-refractivity contribution in [2.45, 2.75) is 59.7 Å². The number of carbonyl (C=O) groups is 2. The molecule has 0 fully saturated rings. The maximum Gasteiger partial charge on any atom is 0.244 e. The van der Waals surface area contributed by atoms with E-state index < -0.39 is 28.5 Å². The number of aryl methyl sites for hydroxylation is 2. The molecule has 2 rings (SSSR count). The van der Waals surface area contributed by atoms with E-state index >= 15 is 0 Å². The molecule has 2 aromatic carbocycles. The predicted octanol–water partition coefficient (Wildman–Crippen LogP) is 3.41. The number of nitrogens with zero attached hydrogens (tertiary/aromatic N) is 2. The molecule has 2 amide bonds. The molecule has 0 radical (unpaired) electrons. The lowest BCUT2D eigenvalue weighted by atomic mass is 10.1. The monoisotopic (exact) mass is 503 g/mol. The maximum absolute atomic E-state index is 13.7. The van der Waals surface area contributed by atoms with E-state index in [1.807, 2.05) is 58.9 Å². The summed E-state index contributed by atoms with van der Waals surface area (Å²) in [6.07, 6.45) is 1.43. The van der Waals surface area contributed by atoms with Crippen LogP contribution in [0.2, 0.25) is 0 Å². The molecule has 8 nitrogen and oxygen atoms in total. The third kappa shape index (κ3) is 7.71. The Balaban J connectivity index is 2.50. The Bertz CT molecular complexity index is 1130. The Morgan fingerprint density at radius 3 is 2.14 bits per heavy atom. The standard InChI is InChI=1S/C26H37N3O5S/c1-8-22(26(31)27-18(2)3)28(16-21-12-9-19(4)10-13-21)25(30)17-29(35(7,32)33)23-15-20(5)11-14-24(23)34-6/h9-15,18,22H,8,16-17H2,1-7H3,(H,27,31)/t22-/m0/s1. The lowest BCUT2D eigenvalue weighted by Crippen LogP contribution is -2.53. The SMILES string of the molecule is CC[C@@H](C(=O)NC(C)C)N(Cc1ccc(C)cc1)C(=O)CN(c1cc(C)ccc1OC)S(C)(=O)=O. The van der Waals surface area contributed by atoms with Crippen LogP contribution in [0.3, 0.4) is 0 Å². The molecule has 1 atom stereocenters. The lowest BCUT2D eigenvalue weighted by Gasteiger charge is -2.33. The maximum atomic E-state index is 13.7. The molecule has 2 aromatic rings. The van der Waals surface area contributed by atoms with Crippen molar-refractivity contribution in [3.8, 4) is 5.75 Å². The van der Waals surface area contributed by atoms with Gasteiger partial charge >= 0.3 is 0 Å². The van der Waals surface area contributed by atoms with Crippen molar-refractivity contribution in [1.82, 2.24) is 10.2 Å². The van der Waals surface area contributed by atoms with Crippen LogP contribution in [-0.4, -0.2) is 57.1 Å². The van der Waals surface area contributed by atoms with Gasteiger partial charge in [0.2, 0.25) is 21.8 Å². The van der Waals surface area contributed by atoms with Crippen molar-refractivity contribution in [3.63, 3.8) is 0 Å². The molecular weight excluding hydrogens is 466 g/mol. The predicted molar refractivity (Wildman–Crippen MR) is 139 cm³/mol. The molecule has 35 heavy (non-hydrogen) atoms. The zero-order chi connectivity index (χ0) is 26.3. The summed E-state index contributed by atoms with van der Waals surface area (Å²) in [4.78, 5) is 28.2. The van der Waals surface area contributed by atoms with E-state index in [0.717, 1.165) is 27.3 Å². The van der Waals surface area contributed by atoms with Gasteiger partial charge in [-0.1, -0.05) is 42.8 Å². The lowest BCUT2D eigenvalue weighted by molar-refractivity contribution is -0.140. The topological polar surface area (TPSA) is 96.0 Å². The fourth-order valence-corrected chi connectivity index (χ4v) is 4.62. The molecule has 0 saturated heterocycles. The van der Waals surface area contributed by atoms with Crippen LogP contribution in [0, 0.1) is 13.8 Å². The molecule has 0 spiro atoms. The molecular formula is C26H37N3O5S. The highest BCUT2D eigenvalue weighted by atomic mass is 32.2. The zero-order valence-corrected chi connectivity index (χ0v) is 22.5.